The van der Waals surface area contributed by atoms with Crippen LogP contribution in [0, 0.1) is 5.92 Å². The standard InChI is InChI=1S/C11H25N3O3S/c1-14(18(15,16)13-8-10-17-2)9-5-11-3-6-12-7-4-11/h11-13H,3-10H2,1-2H3. The lowest BCUT2D eigenvalue weighted by molar-refractivity contribution is 0.203. The molecule has 1 aliphatic rings. The van der Waals surface area contributed by atoms with E-state index in [1.165, 1.54) is 4.31 Å². The molecule has 108 valence electrons. The minimum Gasteiger partial charge on any atom is -0.383 e. The molecule has 0 bridgehead atoms. The van der Waals surface area contributed by atoms with Gasteiger partial charge in [-0.05, 0) is 38.3 Å². The van der Waals surface area contributed by atoms with Crippen molar-refractivity contribution in [2.75, 3.05) is 46.9 Å². The van der Waals surface area contributed by atoms with E-state index in [1.807, 2.05) is 0 Å². The molecule has 1 heterocycles. The highest BCUT2D eigenvalue weighted by Crippen LogP contribution is 2.16. The van der Waals surface area contributed by atoms with E-state index in [1.54, 1.807) is 14.2 Å². The lowest BCUT2D eigenvalue weighted by atomic mass is 9.95. The van der Waals surface area contributed by atoms with E-state index >= 15 is 0 Å². The maximum Gasteiger partial charge on any atom is 0.279 e. The second-order valence-corrected chi connectivity index (χ2v) is 6.56. The van der Waals surface area contributed by atoms with Crippen LogP contribution in [0.3, 0.4) is 0 Å². The summed E-state index contributed by atoms with van der Waals surface area (Å²) in [5, 5.41) is 3.31. The van der Waals surface area contributed by atoms with Crippen LogP contribution in [-0.4, -0.2) is 59.7 Å². The van der Waals surface area contributed by atoms with Gasteiger partial charge >= 0.3 is 0 Å². The molecule has 0 aromatic rings. The SMILES string of the molecule is COCCNS(=O)(=O)N(C)CCC1CCNCC1. The van der Waals surface area contributed by atoms with Crippen molar-refractivity contribution in [1.29, 1.82) is 0 Å². The van der Waals surface area contributed by atoms with Gasteiger partial charge in [0.2, 0.25) is 0 Å². The van der Waals surface area contributed by atoms with Gasteiger partial charge in [0.25, 0.3) is 10.2 Å². The molecule has 0 radical (unpaired) electrons. The molecule has 0 aromatic heterocycles. The predicted molar refractivity (Wildman–Crippen MR) is 71.6 cm³/mol. The number of piperidine rings is 1. The molecule has 0 saturated carbocycles. The smallest absolute Gasteiger partial charge is 0.279 e. The molecule has 1 aliphatic heterocycles. The van der Waals surface area contributed by atoms with Crippen LogP contribution in [0.1, 0.15) is 19.3 Å². The van der Waals surface area contributed by atoms with E-state index in [0.717, 1.165) is 32.4 Å². The monoisotopic (exact) mass is 279 g/mol. The quantitative estimate of drug-likeness (QED) is 0.603. The zero-order valence-corrected chi connectivity index (χ0v) is 12.1. The first-order chi connectivity index (χ1) is 8.56. The molecule has 1 rings (SSSR count). The molecule has 0 amide bonds. The fourth-order valence-corrected chi connectivity index (χ4v) is 2.95. The molecule has 0 aromatic carbocycles. The summed E-state index contributed by atoms with van der Waals surface area (Å²) in [4.78, 5) is 0. The number of rotatable bonds is 8. The van der Waals surface area contributed by atoms with Gasteiger partial charge in [-0.3, -0.25) is 0 Å². The molecule has 2 N–H and O–H groups in total. The summed E-state index contributed by atoms with van der Waals surface area (Å²) in [5.41, 5.74) is 0. The Morgan fingerprint density at radius 3 is 2.67 bits per heavy atom. The highest BCUT2D eigenvalue weighted by molar-refractivity contribution is 7.87. The van der Waals surface area contributed by atoms with Crippen molar-refractivity contribution in [2.24, 2.45) is 5.92 Å². The van der Waals surface area contributed by atoms with E-state index in [2.05, 4.69) is 10.0 Å². The Hall–Kier alpha value is -0.210. The van der Waals surface area contributed by atoms with Gasteiger partial charge in [0.15, 0.2) is 0 Å². The van der Waals surface area contributed by atoms with Crippen LogP contribution < -0.4 is 10.0 Å². The van der Waals surface area contributed by atoms with Crippen LogP contribution in [0.25, 0.3) is 0 Å². The molecular formula is C11H25N3O3S. The topological polar surface area (TPSA) is 70.7 Å². The third-order valence-corrected chi connectivity index (χ3v) is 4.88. The van der Waals surface area contributed by atoms with Crippen LogP contribution in [0.5, 0.6) is 0 Å². The molecule has 6 nitrogen and oxygen atoms in total. The predicted octanol–water partition coefficient (Wildman–Crippen LogP) is -0.211. The van der Waals surface area contributed by atoms with E-state index < -0.39 is 10.2 Å². The number of ether oxygens (including phenoxy) is 1. The van der Waals surface area contributed by atoms with Crippen molar-refractivity contribution in [3.05, 3.63) is 0 Å². The molecule has 18 heavy (non-hydrogen) atoms. The summed E-state index contributed by atoms with van der Waals surface area (Å²) in [6.45, 7) is 3.38. The fourth-order valence-electron chi connectivity index (χ4n) is 2.04. The Labute approximate surface area is 110 Å². The van der Waals surface area contributed by atoms with E-state index in [0.29, 0.717) is 25.6 Å². The van der Waals surface area contributed by atoms with Gasteiger partial charge in [-0.2, -0.15) is 17.4 Å². The van der Waals surface area contributed by atoms with Gasteiger partial charge in [-0.1, -0.05) is 0 Å². The van der Waals surface area contributed by atoms with Gasteiger partial charge in [0, 0.05) is 27.2 Å². The van der Waals surface area contributed by atoms with Gasteiger partial charge in [-0.25, -0.2) is 0 Å². The van der Waals surface area contributed by atoms with Crippen molar-refractivity contribution >= 4 is 10.2 Å². The molecule has 1 fully saturated rings. The second kappa shape index (κ2) is 8.06. The zero-order chi connectivity index (χ0) is 13.4. The zero-order valence-electron chi connectivity index (χ0n) is 11.3. The second-order valence-electron chi connectivity index (χ2n) is 4.70. The minimum absolute atomic E-state index is 0.316. The maximum absolute atomic E-state index is 11.8. The minimum atomic E-state index is -3.35. The van der Waals surface area contributed by atoms with Crippen LogP contribution >= 0.6 is 0 Å². The molecule has 0 aliphatic carbocycles. The summed E-state index contributed by atoms with van der Waals surface area (Å²) in [5.74, 6) is 0.642. The highest BCUT2D eigenvalue weighted by atomic mass is 32.2. The Bertz CT molecular complexity index is 315. The largest absolute Gasteiger partial charge is 0.383 e. The average molecular weight is 279 g/mol. The third kappa shape index (κ3) is 5.62. The number of nitrogens with zero attached hydrogens (tertiary/aromatic N) is 1. The van der Waals surface area contributed by atoms with Crippen molar-refractivity contribution < 1.29 is 13.2 Å². The summed E-state index contributed by atoms with van der Waals surface area (Å²) >= 11 is 0. The van der Waals surface area contributed by atoms with Gasteiger partial charge in [0.05, 0.1) is 6.61 Å². The van der Waals surface area contributed by atoms with Crippen molar-refractivity contribution in [3.8, 4) is 0 Å². The molecule has 0 atom stereocenters. The van der Waals surface area contributed by atoms with E-state index in [9.17, 15) is 8.42 Å². The Balaban J connectivity index is 2.27. The number of hydrogen-bond donors (Lipinski definition) is 2. The lowest BCUT2D eigenvalue weighted by Gasteiger charge is -2.25. The first kappa shape index (κ1) is 15.8. The Morgan fingerprint density at radius 1 is 1.39 bits per heavy atom. The average Bonchev–Trinajstić information content (AvgIpc) is 2.37. The molecule has 0 spiro atoms. The first-order valence-corrected chi connectivity index (χ1v) is 7.91. The van der Waals surface area contributed by atoms with E-state index in [-0.39, 0.29) is 0 Å². The highest BCUT2D eigenvalue weighted by Gasteiger charge is 2.19. The Morgan fingerprint density at radius 2 is 2.06 bits per heavy atom. The van der Waals surface area contributed by atoms with Crippen LogP contribution in [0.4, 0.5) is 0 Å². The van der Waals surface area contributed by atoms with Crippen LogP contribution in [-0.2, 0) is 14.9 Å². The fraction of sp³-hybridized carbons (Fsp3) is 1.00. The summed E-state index contributed by atoms with van der Waals surface area (Å²) in [6.07, 6.45) is 3.22. The van der Waals surface area contributed by atoms with Crippen molar-refractivity contribution in [3.63, 3.8) is 0 Å². The molecule has 7 heteroatoms. The number of nitrogens with one attached hydrogen (secondary N) is 2. The summed E-state index contributed by atoms with van der Waals surface area (Å²) in [6, 6.07) is 0. The van der Waals surface area contributed by atoms with Crippen molar-refractivity contribution in [2.45, 2.75) is 19.3 Å². The maximum atomic E-state index is 11.8. The van der Waals surface area contributed by atoms with Crippen LogP contribution in [0.2, 0.25) is 0 Å². The number of hydrogen-bond acceptors (Lipinski definition) is 4. The van der Waals surface area contributed by atoms with Crippen molar-refractivity contribution in [1.82, 2.24) is 14.3 Å². The number of methoxy groups -OCH3 is 1. The first-order valence-electron chi connectivity index (χ1n) is 6.47. The molecule has 0 unspecified atom stereocenters. The van der Waals surface area contributed by atoms with Gasteiger partial charge in [0.1, 0.15) is 0 Å². The van der Waals surface area contributed by atoms with E-state index in [4.69, 9.17) is 4.74 Å². The molecule has 1 saturated heterocycles. The summed E-state index contributed by atoms with van der Waals surface area (Å²) < 4.78 is 32.4. The summed E-state index contributed by atoms with van der Waals surface area (Å²) in [7, 11) is -0.174. The van der Waals surface area contributed by atoms with Crippen LogP contribution in [0.15, 0.2) is 0 Å². The third-order valence-electron chi connectivity index (χ3n) is 3.31. The normalized spacial score (nSPS) is 18.4. The lowest BCUT2D eigenvalue weighted by Crippen LogP contribution is -2.41. The van der Waals surface area contributed by atoms with Gasteiger partial charge < -0.3 is 10.1 Å². The molecular weight excluding hydrogens is 254 g/mol. The Kier molecular flexibility index (Phi) is 7.10. The van der Waals surface area contributed by atoms with Gasteiger partial charge in [-0.15, -0.1) is 0 Å².